The van der Waals surface area contributed by atoms with Crippen molar-refractivity contribution in [2.45, 2.75) is 6.42 Å². The summed E-state index contributed by atoms with van der Waals surface area (Å²) >= 11 is 0. The number of amides is 2. The highest BCUT2D eigenvalue weighted by atomic mass is 16.6. The molecule has 0 saturated heterocycles. The molecule has 0 saturated carbocycles. The van der Waals surface area contributed by atoms with Gasteiger partial charge in [0.15, 0.2) is 0 Å². The number of rotatable bonds is 8. The maximum atomic E-state index is 12.2. The van der Waals surface area contributed by atoms with Gasteiger partial charge in [0.05, 0.1) is 22.7 Å². The van der Waals surface area contributed by atoms with E-state index in [0.29, 0.717) is 18.8 Å². The first kappa shape index (κ1) is 19.0. The number of benzene rings is 1. The minimum atomic E-state index is -0.678. The highest BCUT2D eigenvalue weighted by Gasteiger charge is 2.36. The average Bonchev–Trinajstić information content (AvgIpc) is 2.93. The number of fused-ring (bicyclic) bond motifs is 1. The van der Waals surface area contributed by atoms with Crippen molar-refractivity contribution in [2.24, 2.45) is 0 Å². The summed E-state index contributed by atoms with van der Waals surface area (Å²) in [5, 5.41) is 13.5. The van der Waals surface area contributed by atoms with Crippen molar-refractivity contribution in [3.8, 4) is 0 Å². The fourth-order valence-corrected chi connectivity index (χ4v) is 2.63. The summed E-state index contributed by atoms with van der Waals surface area (Å²) in [6, 6.07) is 9.19. The number of carbonyl (C=O) groups excluding carboxylic acids is 3. The van der Waals surface area contributed by atoms with E-state index in [1.54, 1.807) is 24.3 Å². The van der Waals surface area contributed by atoms with Crippen LogP contribution in [0.3, 0.4) is 0 Å². The smallest absolute Gasteiger partial charge is 0.326 e. The summed E-state index contributed by atoms with van der Waals surface area (Å²) in [6.07, 6.45) is 1.59. The lowest BCUT2D eigenvalue weighted by atomic mass is 10.1. The van der Waals surface area contributed by atoms with Crippen LogP contribution in [-0.2, 0) is 9.53 Å². The lowest BCUT2D eigenvalue weighted by Crippen LogP contribution is -2.35. The van der Waals surface area contributed by atoms with E-state index in [2.05, 4.69) is 10.3 Å². The molecule has 0 unspecified atom stereocenters. The number of carbonyl (C=O) groups is 3. The molecule has 1 aliphatic heterocycles. The second-order valence-electron chi connectivity index (χ2n) is 5.90. The highest BCUT2D eigenvalue weighted by molar-refractivity contribution is 6.22. The van der Waals surface area contributed by atoms with Gasteiger partial charge < -0.3 is 10.1 Å². The molecule has 0 spiro atoms. The Kier molecular flexibility index (Phi) is 5.58. The Balaban J connectivity index is 1.39. The number of imide groups is 1. The van der Waals surface area contributed by atoms with Crippen LogP contribution in [-0.4, -0.2) is 52.3 Å². The summed E-state index contributed by atoms with van der Waals surface area (Å²) in [5.41, 5.74) is 0.452. The molecule has 10 heteroatoms. The van der Waals surface area contributed by atoms with E-state index in [0.717, 1.165) is 11.1 Å². The zero-order valence-electron chi connectivity index (χ0n) is 14.7. The summed E-state index contributed by atoms with van der Waals surface area (Å²) in [4.78, 5) is 51.1. The molecule has 0 radical (unpaired) electrons. The predicted molar refractivity (Wildman–Crippen MR) is 96.8 cm³/mol. The molecular formula is C18H16N4O6. The van der Waals surface area contributed by atoms with Gasteiger partial charge in [0.2, 0.25) is 0 Å². The van der Waals surface area contributed by atoms with Crippen LogP contribution in [0.15, 0.2) is 42.6 Å². The first-order valence-corrected chi connectivity index (χ1v) is 8.42. The van der Waals surface area contributed by atoms with Gasteiger partial charge in [-0.25, -0.2) is 4.98 Å². The molecule has 1 aromatic carbocycles. The Bertz CT molecular complexity index is 893. The minimum absolute atomic E-state index is 0.0853. The third-order valence-corrected chi connectivity index (χ3v) is 4.01. The van der Waals surface area contributed by atoms with Crippen molar-refractivity contribution in [3.05, 3.63) is 63.8 Å². The van der Waals surface area contributed by atoms with E-state index < -0.39 is 29.3 Å². The first-order valence-electron chi connectivity index (χ1n) is 8.42. The van der Waals surface area contributed by atoms with Crippen LogP contribution in [0.5, 0.6) is 0 Å². The molecule has 10 nitrogen and oxygen atoms in total. The van der Waals surface area contributed by atoms with Crippen molar-refractivity contribution in [3.63, 3.8) is 0 Å². The molecular weight excluding hydrogens is 368 g/mol. The number of hydrogen-bond donors (Lipinski definition) is 1. The van der Waals surface area contributed by atoms with Gasteiger partial charge in [-0.1, -0.05) is 12.1 Å². The lowest BCUT2D eigenvalue weighted by Gasteiger charge is -2.13. The van der Waals surface area contributed by atoms with Crippen LogP contribution in [0.4, 0.5) is 11.5 Å². The van der Waals surface area contributed by atoms with Crippen LogP contribution in [0.2, 0.25) is 0 Å². The van der Waals surface area contributed by atoms with E-state index in [1.807, 2.05) is 0 Å². The van der Waals surface area contributed by atoms with Gasteiger partial charge in [-0.3, -0.25) is 29.4 Å². The van der Waals surface area contributed by atoms with Crippen LogP contribution >= 0.6 is 0 Å². The fraction of sp³-hybridized carbons (Fsp3) is 0.222. The Morgan fingerprint density at radius 2 is 1.82 bits per heavy atom. The first-order chi connectivity index (χ1) is 13.5. The summed E-state index contributed by atoms with van der Waals surface area (Å²) in [5.74, 6) is -1.24. The van der Waals surface area contributed by atoms with Gasteiger partial charge in [-0.2, -0.15) is 0 Å². The quantitative estimate of drug-likeness (QED) is 0.239. The highest BCUT2D eigenvalue weighted by Crippen LogP contribution is 2.22. The van der Waals surface area contributed by atoms with Gasteiger partial charge >= 0.3 is 5.97 Å². The van der Waals surface area contributed by atoms with E-state index in [9.17, 15) is 24.5 Å². The number of nitro groups is 1. The normalized spacial score (nSPS) is 12.6. The fourth-order valence-electron chi connectivity index (χ4n) is 2.63. The van der Waals surface area contributed by atoms with E-state index >= 15 is 0 Å². The lowest BCUT2D eigenvalue weighted by molar-refractivity contribution is -0.385. The number of nitrogens with one attached hydrogen (secondary N) is 1. The molecule has 2 heterocycles. The van der Waals surface area contributed by atoms with Crippen LogP contribution < -0.4 is 5.32 Å². The molecule has 1 aliphatic rings. The summed E-state index contributed by atoms with van der Waals surface area (Å²) < 4.78 is 5.05. The van der Waals surface area contributed by atoms with Crippen molar-refractivity contribution >= 4 is 29.3 Å². The molecule has 3 rings (SSSR count). The summed E-state index contributed by atoms with van der Waals surface area (Å²) in [7, 11) is 0. The number of hydrogen-bond acceptors (Lipinski definition) is 8. The predicted octanol–water partition coefficient (Wildman–Crippen LogP) is 1.63. The Hall–Kier alpha value is -3.82. The number of ether oxygens (including phenoxy) is 1. The maximum absolute atomic E-state index is 12.2. The molecule has 144 valence electrons. The van der Waals surface area contributed by atoms with Gasteiger partial charge in [-0.05, 0) is 24.6 Å². The number of anilines is 1. The van der Waals surface area contributed by atoms with E-state index in [4.69, 9.17) is 4.74 Å². The van der Waals surface area contributed by atoms with Crippen molar-refractivity contribution < 1.29 is 24.0 Å². The van der Waals surface area contributed by atoms with Gasteiger partial charge in [0.1, 0.15) is 18.6 Å². The third-order valence-electron chi connectivity index (χ3n) is 4.01. The second kappa shape index (κ2) is 8.25. The molecule has 0 atom stereocenters. The molecule has 28 heavy (non-hydrogen) atoms. The Morgan fingerprint density at radius 1 is 1.14 bits per heavy atom. The summed E-state index contributed by atoms with van der Waals surface area (Å²) in [6.45, 7) is 0.0662. The third kappa shape index (κ3) is 4.11. The van der Waals surface area contributed by atoms with Crippen LogP contribution in [0.1, 0.15) is 27.1 Å². The van der Waals surface area contributed by atoms with Crippen molar-refractivity contribution in [2.75, 3.05) is 25.0 Å². The van der Waals surface area contributed by atoms with Gasteiger partial charge in [-0.15, -0.1) is 0 Å². The zero-order valence-corrected chi connectivity index (χ0v) is 14.7. The number of nitrogens with zero attached hydrogens (tertiary/aromatic N) is 3. The molecule has 0 fully saturated rings. The molecule has 0 aliphatic carbocycles. The second-order valence-corrected chi connectivity index (χ2v) is 5.90. The standard InChI is InChI=1S/C18H16N4O6/c23-16(11-21-17(24)13-4-1-2-5-14(13)18(21)25)28-9-3-8-19-15-7-6-12(10-20-15)22(26)27/h1-2,4-7,10H,3,8-9,11H2,(H,19,20). The molecule has 2 amide bonds. The minimum Gasteiger partial charge on any atom is -0.464 e. The van der Waals surface area contributed by atoms with E-state index in [1.165, 1.54) is 12.1 Å². The SMILES string of the molecule is O=C(CN1C(=O)c2ccccc2C1=O)OCCCNc1ccc([N+](=O)[O-])cn1. The topological polar surface area (TPSA) is 132 Å². The molecule has 1 N–H and O–H groups in total. The Morgan fingerprint density at radius 3 is 2.39 bits per heavy atom. The van der Waals surface area contributed by atoms with Crippen LogP contribution in [0.25, 0.3) is 0 Å². The van der Waals surface area contributed by atoms with E-state index in [-0.39, 0.29) is 23.4 Å². The molecule has 0 bridgehead atoms. The number of pyridine rings is 1. The zero-order chi connectivity index (χ0) is 20.1. The molecule has 2 aromatic rings. The monoisotopic (exact) mass is 384 g/mol. The number of aromatic nitrogens is 1. The Labute approximate surface area is 159 Å². The van der Waals surface area contributed by atoms with Crippen LogP contribution in [0, 0.1) is 10.1 Å². The number of esters is 1. The average molecular weight is 384 g/mol. The van der Waals surface area contributed by atoms with Crippen molar-refractivity contribution in [1.29, 1.82) is 0 Å². The maximum Gasteiger partial charge on any atom is 0.326 e. The van der Waals surface area contributed by atoms with Gasteiger partial charge in [0, 0.05) is 12.6 Å². The largest absolute Gasteiger partial charge is 0.464 e. The van der Waals surface area contributed by atoms with Crippen molar-refractivity contribution in [1.82, 2.24) is 9.88 Å². The van der Waals surface area contributed by atoms with Gasteiger partial charge in [0.25, 0.3) is 17.5 Å². The molecule has 1 aromatic heterocycles.